The van der Waals surface area contributed by atoms with Gasteiger partial charge in [0.1, 0.15) is 0 Å². The molecule has 0 unspecified atom stereocenters. The summed E-state index contributed by atoms with van der Waals surface area (Å²) in [6.07, 6.45) is 6.51. The second-order valence-electron chi connectivity index (χ2n) is 6.30. The first kappa shape index (κ1) is 18.2. The van der Waals surface area contributed by atoms with Gasteiger partial charge in [0.05, 0.1) is 18.5 Å². The van der Waals surface area contributed by atoms with E-state index in [0.29, 0.717) is 6.42 Å². The van der Waals surface area contributed by atoms with Crippen molar-refractivity contribution >= 4 is 17.3 Å². The standard InChI is InChI=1S/C18H26N2O4/c1-3-4-5-6-11-19-15(13-18(21)24-2)8-7-14-12-16(20(22)23)9-10-17(14)19/h9-10,12,15H,3-8,11,13H2,1-2H3/t15-/m1/s1. The summed E-state index contributed by atoms with van der Waals surface area (Å²) in [4.78, 5) is 24.6. The van der Waals surface area contributed by atoms with Gasteiger partial charge in [0.25, 0.3) is 5.69 Å². The maximum atomic E-state index is 11.7. The highest BCUT2D eigenvalue weighted by atomic mass is 16.6. The Labute approximate surface area is 142 Å². The van der Waals surface area contributed by atoms with Crippen LogP contribution in [0.15, 0.2) is 18.2 Å². The zero-order valence-electron chi connectivity index (χ0n) is 14.5. The fourth-order valence-corrected chi connectivity index (χ4v) is 3.34. The van der Waals surface area contributed by atoms with E-state index in [1.165, 1.54) is 20.0 Å². The molecule has 132 valence electrons. The van der Waals surface area contributed by atoms with E-state index in [-0.39, 0.29) is 22.6 Å². The zero-order chi connectivity index (χ0) is 17.5. The number of rotatable bonds is 8. The number of hydrogen-bond acceptors (Lipinski definition) is 5. The molecular formula is C18H26N2O4. The highest BCUT2D eigenvalue weighted by molar-refractivity contribution is 5.71. The number of aryl methyl sites for hydroxylation is 1. The van der Waals surface area contributed by atoms with Crippen molar-refractivity contribution in [3.05, 3.63) is 33.9 Å². The number of esters is 1. The summed E-state index contributed by atoms with van der Waals surface area (Å²) in [5.41, 5.74) is 2.16. The summed E-state index contributed by atoms with van der Waals surface area (Å²) in [6.45, 7) is 3.04. The number of anilines is 1. The summed E-state index contributed by atoms with van der Waals surface area (Å²) in [5.74, 6) is -0.205. The minimum Gasteiger partial charge on any atom is -0.469 e. The molecule has 1 aliphatic heterocycles. The first-order chi connectivity index (χ1) is 11.6. The Morgan fingerprint density at radius 1 is 1.38 bits per heavy atom. The predicted molar refractivity (Wildman–Crippen MR) is 93.3 cm³/mol. The number of nitro benzene ring substituents is 1. The van der Waals surface area contributed by atoms with Crippen LogP contribution in [0.2, 0.25) is 0 Å². The average Bonchev–Trinajstić information content (AvgIpc) is 2.59. The molecular weight excluding hydrogens is 308 g/mol. The Hall–Kier alpha value is -2.11. The lowest BCUT2D eigenvalue weighted by Gasteiger charge is -2.38. The number of nitro groups is 1. The van der Waals surface area contributed by atoms with Crippen LogP contribution in [-0.2, 0) is 16.0 Å². The molecule has 6 heteroatoms. The van der Waals surface area contributed by atoms with Crippen molar-refractivity contribution in [2.24, 2.45) is 0 Å². The van der Waals surface area contributed by atoms with Gasteiger partial charge >= 0.3 is 5.97 Å². The van der Waals surface area contributed by atoms with Crippen molar-refractivity contribution in [2.45, 2.75) is 57.9 Å². The number of benzene rings is 1. The first-order valence-corrected chi connectivity index (χ1v) is 8.67. The maximum Gasteiger partial charge on any atom is 0.307 e. The summed E-state index contributed by atoms with van der Waals surface area (Å²) in [6, 6.07) is 5.16. The fraction of sp³-hybridized carbons (Fsp3) is 0.611. The van der Waals surface area contributed by atoms with Crippen molar-refractivity contribution in [1.82, 2.24) is 0 Å². The lowest BCUT2D eigenvalue weighted by atomic mass is 9.93. The van der Waals surface area contributed by atoms with E-state index in [1.54, 1.807) is 12.1 Å². The molecule has 0 amide bonds. The van der Waals surface area contributed by atoms with Crippen LogP contribution in [0.4, 0.5) is 11.4 Å². The van der Waals surface area contributed by atoms with Gasteiger partial charge in [0, 0.05) is 30.4 Å². The normalized spacial score (nSPS) is 16.6. The smallest absolute Gasteiger partial charge is 0.307 e. The third-order valence-electron chi connectivity index (χ3n) is 4.65. The van der Waals surface area contributed by atoms with E-state index in [2.05, 4.69) is 11.8 Å². The molecule has 1 atom stereocenters. The van der Waals surface area contributed by atoms with Crippen LogP contribution in [0.1, 0.15) is 51.0 Å². The summed E-state index contributed by atoms with van der Waals surface area (Å²) >= 11 is 0. The van der Waals surface area contributed by atoms with Crippen molar-refractivity contribution < 1.29 is 14.5 Å². The zero-order valence-corrected chi connectivity index (χ0v) is 14.5. The number of hydrogen-bond donors (Lipinski definition) is 0. The van der Waals surface area contributed by atoms with Gasteiger partial charge in [0.15, 0.2) is 0 Å². The van der Waals surface area contributed by atoms with E-state index in [9.17, 15) is 14.9 Å². The summed E-state index contributed by atoms with van der Waals surface area (Å²) in [5, 5.41) is 11.0. The van der Waals surface area contributed by atoms with Gasteiger partial charge in [-0.1, -0.05) is 26.2 Å². The van der Waals surface area contributed by atoms with Crippen LogP contribution >= 0.6 is 0 Å². The lowest BCUT2D eigenvalue weighted by molar-refractivity contribution is -0.384. The second kappa shape index (κ2) is 8.66. The number of unbranched alkanes of at least 4 members (excludes halogenated alkanes) is 3. The van der Waals surface area contributed by atoms with Gasteiger partial charge in [-0.2, -0.15) is 0 Å². The molecule has 2 rings (SSSR count). The van der Waals surface area contributed by atoms with Gasteiger partial charge in [0.2, 0.25) is 0 Å². The number of non-ortho nitro benzene ring substituents is 1. The highest BCUT2D eigenvalue weighted by Gasteiger charge is 2.29. The number of carbonyl (C=O) groups excluding carboxylic acids is 1. The quantitative estimate of drug-likeness (QED) is 0.312. The number of fused-ring (bicyclic) bond motifs is 1. The molecule has 1 aromatic carbocycles. The fourth-order valence-electron chi connectivity index (χ4n) is 3.34. The Morgan fingerprint density at radius 3 is 2.83 bits per heavy atom. The van der Waals surface area contributed by atoms with Crippen LogP contribution in [0.3, 0.4) is 0 Å². The van der Waals surface area contributed by atoms with Crippen molar-refractivity contribution in [1.29, 1.82) is 0 Å². The Bertz CT molecular complexity index is 588. The van der Waals surface area contributed by atoms with Gasteiger partial charge in [-0.15, -0.1) is 0 Å². The van der Waals surface area contributed by atoms with Gasteiger partial charge in [-0.05, 0) is 30.9 Å². The Morgan fingerprint density at radius 2 is 2.17 bits per heavy atom. The first-order valence-electron chi connectivity index (χ1n) is 8.67. The van der Waals surface area contributed by atoms with Crippen LogP contribution < -0.4 is 4.90 Å². The lowest BCUT2D eigenvalue weighted by Crippen LogP contribution is -2.41. The summed E-state index contributed by atoms with van der Waals surface area (Å²) < 4.78 is 4.83. The van der Waals surface area contributed by atoms with Crippen LogP contribution in [0.25, 0.3) is 0 Å². The molecule has 0 radical (unpaired) electrons. The van der Waals surface area contributed by atoms with Crippen molar-refractivity contribution in [3.8, 4) is 0 Å². The average molecular weight is 334 g/mol. The number of methoxy groups -OCH3 is 1. The molecule has 0 bridgehead atoms. The minimum absolute atomic E-state index is 0.105. The SMILES string of the molecule is CCCCCCN1c2ccc([N+](=O)[O-])cc2CC[C@@H]1CC(=O)OC. The molecule has 0 aliphatic carbocycles. The third-order valence-corrected chi connectivity index (χ3v) is 4.65. The number of carbonyl (C=O) groups is 1. The van der Waals surface area contributed by atoms with E-state index >= 15 is 0 Å². The molecule has 0 saturated heterocycles. The van der Waals surface area contributed by atoms with Crippen LogP contribution in [-0.4, -0.2) is 30.6 Å². The van der Waals surface area contributed by atoms with Crippen LogP contribution in [0, 0.1) is 10.1 Å². The molecule has 0 aromatic heterocycles. The molecule has 0 N–H and O–H groups in total. The number of ether oxygens (including phenoxy) is 1. The number of nitrogens with zero attached hydrogens (tertiary/aromatic N) is 2. The minimum atomic E-state index is -0.355. The molecule has 0 saturated carbocycles. The molecule has 1 aromatic rings. The molecule has 0 fully saturated rings. The topological polar surface area (TPSA) is 72.7 Å². The van der Waals surface area contributed by atoms with Crippen molar-refractivity contribution in [2.75, 3.05) is 18.6 Å². The second-order valence-corrected chi connectivity index (χ2v) is 6.30. The van der Waals surface area contributed by atoms with E-state index < -0.39 is 0 Å². The third kappa shape index (κ3) is 4.46. The van der Waals surface area contributed by atoms with Crippen molar-refractivity contribution in [3.63, 3.8) is 0 Å². The molecule has 24 heavy (non-hydrogen) atoms. The largest absolute Gasteiger partial charge is 0.469 e. The van der Waals surface area contributed by atoms with Gasteiger partial charge < -0.3 is 9.64 Å². The molecule has 6 nitrogen and oxygen atoms in total. The van der Waals surface area contributed by atoms with Crippen LogP contribution in [0.5, 0.6) is 0 Å². The van der Waals surface area contributed by atoms with E-state index in [1.807, 2.05) is 6.07 Å². The molecule has 1 heterocycles. The molecule has 0 spiro atoms. The molecule has 1 aliphatic rings. The Balaban J connectivity index is 2.20. The monoisotopic (exact) mass is 334 g/mol. The highest BCUT2D eigenvalue weighted by Crippen LogP contribution is 2.34. The predicted octanol–water partition coefficient (Wildman–Crippen LogP) is 3.86. The maximum absolute atomic E-state index is 11.7. The summed E-state index contributed by atoms with van der Waals surface area (Å²) in [7, 11) is 1.41. The van der Waals surface area contributed by atoms with Gasteiger partial charge in [-0.25, -0.2) is 0 Å². The Kier molecular flexibility index (Phi) is 6.58. The van der Waals surface area contributed by atoms with Gasteiger partial charge in [-0.3, -0.25) is 14.9 Å². The van der Waals surface area contributed by atoms with E-state index in [4.69, 9.17) is 4.74 Å². The van der Waals surface area contributed by atoms with E-state index in [0.717, 1.165) is 43.5 Å².